The minimum atomic E-state index is 0. The number of allylic oxidation sites excluding steroid dienone is 4. The SMILES string of the molecule is C.C1=CCC=C1.C1CCCC1.C1CCCCC1.CC.CC.CC.CC.CC.CC.CC.CC.CC.CC.CC.CC.CC.CC.CC.CC.CC.CC.CC1CCN(C)CC1.CN1CCN(C)CC1.c1ccccc1.c1ccncc1.c1ccoc1.c1ccsc1.c1cocn1.c1cscn1. The fourth-order valence-electron chi connectivity index (χ4n) is 5.88. The van der Waals surface area contributed by atoms with E-state index >= 15 is 0 Å². The van der Waals surface area contributed by atoms with Crippen LogP contribution >= 0.6 is 22.7 Å². The van der Waals surface area contributed by atoms with E-state index < -0.39 is 0 Å². The van der Waals surface area contributed by atoms with Gasteiger partial charge in [-0.05, 0) is 94.4 Å². The molecule has 0 atom stereocenters. The van der Waals surface area contributed by atoms with Crippen molar-refractivity contribution >= 4 is 22.7 Å². The number of hydrogen-bond acceptors (Lipinski definition) is 10. The van der Waals surface area contributed by atoms with Crippen molar-refractivity contribution in [2.24, 2.45) is 5.92 Å². The Morgan fingerprint density at radius 3 is 0.703 bits per heavy atom. The molecule has 5 aromatic heterocycles. The third kappa shape index (κ3) is 207. The number of likely N-dealkylation sites (tertiary alicyclic amines) is 1. The largest absolute Gasteiger partial charge is 0.473 e. The minimum absolute atomic E-state index is 0. The summed E-state index contributed by atoms with van der Waals surface area (Å²) in [6.07, 6.45) is 41.8. The Morgan fingerprint density at radius 1 is 0.287 bits per heavy atom. The second-order valence-electron chi connectivity index (χ2n) is 15.7. The molecule has 7 heterocycles. The molecule has 5 aliphatic rings. The quantitative estimate of drug-likeness (QED) is 0.149. The van der Waals surface area contributed by atoms with Crippen molar-refractivity contribution in [3.8, 4) is 0 Å². The summed E-state index contributed by atoms with van der Waals surface area (Å²) in [6, 6.07) is 25.4. The first-order valence-electron chi connectivity index (χ1n) is 41.4. The highest BCUT2D eigenvalue weighted by atomic mass is 32.1. The molecule has 2 saturated carbocycles. The molecule has 0 bridgehead atoms. The van der Waals surface area contributed by atoms with Crippen LogP contribution in [0.2, 0.25) is 0 Å². The van der Waals surface area contributed by atoms with Gasteiger partial charge in [-0.2, -0.15) is 11.3 Å². The molecule has 0 amide bonds. The van der Waals surface area contributed by atoms with Gasteiger partial charge in [0.1, 0.15) is 6.26 Å². The maximum atomic E-state index is 4.58. The third-order valence-corrected chi connectivity index (χ3v) is 11.1. The van der Waals surface area contributed by atoms with Gasteiger partial charge in [0.05, 0.1) is 24.2 Å². The van der Waals surface area contributed by atoms with Gasteiger partial charge in [-0.1, -0.05) is 413 Å². The van der Waals surface area contributed by atoms with E-state index in [0.29, 0.717) is 0 Å². The predicted octanol–water partition coefficient (Wildman–Crippen LogP) is 33.7. The van der Waals surface area contributed by atoms with Crippen molar-refractivity contribution < 1.29 is 8.83 Å². The molecule has 1 aromatic carbocycles. The lowest BCUT2D eigenvalue weighted by Crippen LogP contribution is -2.42. The van der Waals surface area contributed by atoms with E-state index in [1.807, 2.05) is 344 Å². The van der Waals surface area contributed by atoms with Crippen molar-refractivity contribution in [3.63, 3.8) is 0 Å². The Kier molecular flexibility index (Phi) is 307. The molecule has 10 heteroatoms. The van der Waals surface area contributed by atoms with Gasteiger partial charge in [0.2, 0.25) is 0 Å². The minimum Gasteiger partial charge on any atom is -0.473 e. The second kappa shape index (κ2) is 212. The van der Waals surface area contributed by atoms with Crippen LogP contribution in [0.5, 0.6) is 0 Å². The van der Waals surface area contributed by atoms with E-state index in [-0.39, 0.29) is 7.43 Å². The topological polar surface area (TPSA) is 74.7 Å². The van der Waals surface area contributed by atoms with Crippen molar-refractivity contribution in [2.45, 2.75) is 353 Å². The Morgan fingerprint density at radius 2 is 0.574 bits per heavy atom. The van der Waals surface area contributed by atoms with E-state index in [2.05, 4.69) is 90.9 Å². The average Bonchev–Trinajstić information content (AvgIpc) is 2.93. The molecule has 0 spiro atoms. The number of nitrogens with zero attached hydrogens (tertiary/aromatic N) is 6. The van der Waals surface area contributed by atoms with Crippen molar-refractivity contribution in [3.05, 3.63) is 175 Å². The summed E-state index contributed by atoms with van der Waals surface area (Å²) in [5, 5.41) is 6.01. The molecule has 3 aliphatic carbocycles. The lowest BCUT2D eigenvalue weighted by molar-refractivity contribution is 0.181. The highest BCUT2D eigenvalue weighted by molar-refractivity contribution is 7.07. The van der Waals surface area contributed by atoms with E-state index in [1.165, 1.54) is 135 Å². The number of thiophene rings is 1. The summed E-state index contributed by atoms with van der Waals surface area (Å²) >= 11 is 3.31. The summed E-state index contributed by atoms with van der Waals surface area (Å²) in [5.74, 6) is 0.978. The van der Waals surface area contributed by atoms with Gasteiger partial charge in [0.25, 0.3) is 0 Å². The first-order valence-corrected chi connectivity index (χ1v) is 43.3. The standard InChI is InChI=1S/C7H15N.C6H14N2.C6H12.C6H6.C5H5N.C5H10.C5H6.C4H4O.C4H4S.C3H3NO.C3H3NS.18C2H6.CH4/c2*1-7-3-5-8(2)6-4-7;3*1-2-4-6-5-3-1;4*1-2-4-5-3-1;2*1-2-5-3-4-1;18*1-2;/h7H,3-6H2,1-2H3;3-6H2,1-2H3;1-6H2;1-6H;1-5H;1-5H2;1-4H,5H2;2*1-4H;2*1-3H;18*1-2H3;1H4. The fraction of sp³-hybridized carbons (Fsp3) is 0.681. The number of likely N-dealkylation sites (N-methyl/N-ethyl adjacent to an activating group) is 2. The van der Waals surface area contributed by atoms with Gasteiger partial charge in [0, 0.05) is 50.1 Å². The molecule has 101 heavy (non-hydrogen) atoms. The van der Waals surface area contributed by atoms with Crippen molar-refractivity contribution in [2.75, 3.05) is 60.4 Å². The number of thiazole rings is 1. The summed E-state index contributed by atoms with van der Waals surface area (Å²) in [4.78, 5) is 18.2. The van der Waals surface area contributed by atoms with Gasteiger partial charge < -0.3 is 23.5 Å². The molecule has 0 radical (unpaired) electrons. The lowest BCUT2D eigenvalue weighted by Gasteiger charge is -2.28. The maximum Gasteiger partial charge on any atom is 0.180 e. The summed E-state index contributed by atoms with van der Waals surface area (Å²) < 4.78 is 9.06. The molecule has 8 nitrogen and oxygen atoms in total. The van der Waals surface area contributed by atoms with Gasteiger partial charge in [-0.15, -0.1) is 11.3 Å². The molecule has 612 valence electrons. The average molecular weight is 1470 g/mol. The van der Waals surface area contributed by atoms with Gasteiger partial charge in [0.15, 0.2) is 6.39 Å². The first kappa shape index (κ1) is 147. The molecule has 2 saturated heterocycles. The van der Waals surface area contributed by atoms with Gasteiger partial charge in [-0.3, -0.25) is 9.97 Å². The molecule has 4 fully saturated rings. The summed E-state index contributed by atoms with van der Waals surface area (Å²) in [5.41, 5.74) is 1.79. The normalized spacial score (nSPS) is 11.2. The van der Waals surface area contributed by atoms with Crippen LogP contribution in [0.3, 0.4) is 0 Å². The molecule has 2 aliphatic heterocycles. The zero-order chi connectivity index (χ0) is 81.9. The number of benzene rings is 1. The molecule has 6 aromatic rings. The molecule has 0 unspecified atom stereocenters. The number of piperidine rings is 1. The van der Waals surface area contributed by atoms with E-state index in [9.17, 15) is 0 Å². The van der Waals surface area contributed by atoms with Crippen LogP contribution in [-0.2, 0) is 0 Å². The number of furan rings is 1. The number of pyridine rings is 1. The number of piperazine rings is 1. The zero-order valence-electron chi connectivity index (χ0n) is 75.8. The maximum absolute atomic E-state index is 4.58. The van der Waals surface area contributed by atoms with Crippen LogP contribution in [0.4, 0.5) is 0 Å². The van der Waals surface area contributed by atoms with E-state index in [4.69, 9.17) is 0 Å². The Balaban J connectivity index is -0.0000000413. The summed E-state index contributed by atoms with van der Waals surface area (Å²) in [6.45, 7) is 81.9. The van der Waals surface area contributed by atoms with Crippen LogP contribution < -0.4 is 0 Å². The number of hydrogen-bond donors (Lipinski definition) is 0. The van der Waals surface area contributed by atoms with Crippen LogP contribution in [0.15, 0.2) is 184 Å². The van der Waals surface area contributed by atoms with Gasteiger partial charge >= 0.3 is 0 Å². The molecule has 11 rings (SSSR count). The highest BCUT2D eigenvalue weighted by Gasteiger charge is 2.11. The Bertz CT molecular complexity index is 1310. The monoisotopic (exact) mass is 1470 g/mol. The zero-order valence-corrected chi connectivity index (χ0v) is 77.4. The Hall–Kier alpha value is -4.45. The van der Waals surface area contributed by atoms with Crippen LogP contribution in [0.1, 0.15) is 353 Å². The van der Waals surface area contributed by atoms with Gasteiger partial charge in [-0.25, -0.2) is 4.98 Å². The smallest absolute Gasteiger partial charge is 0.180 e. The first-order chi connectivity index (χ1) is 49.6. The van der Waals surface area contributed by atoms with Crippen molar-refractivity contribution in [1.82, 2.24) is 29.7 Å². The van der Waals surface area contributed by atoms with E-state index in [0.717, 1.165) is 12.3 Å². The molecular weight excluding hydrogens is 1270 g/mol. The summed E-state index contributed by atoms with van der Waals surface area (Å²) in [7, 11) is 6.55. The number of oxazole rings is 1. The number of rotatable bonds is 0. The second-order valence-corrected chi connectivity index (χ2v) is 17.3. The van der Waals surface area contributed by atoms with E-state index in [1.54, 1.807) is 65.5 Å². The predicted molar refractivity (Wildman–Crippen MR) is 488 cm³/mol. The van der Waals surface area contributed by atoms with Crippen molar-refractivity contribution in [1.29, 1.82) is 0 Å². The molecule has 0 N–H and O–H groups in total. The van der Waals surface area contributed by atoms with Crippen LogP contribution in [0.25, 0.3) is 0 Å². The highest BCUT2D eigenvalue weighted by Crippen LogP contribution is 2.16. The molecular formula is C91H194N6O2S2. The lowest BCUT2D eigenvalue weighted by atomic mass is 10.00. The van der Waals surface area contributed by atoms with Crippen LogP contribution in [0, 0.1) is 5.92 Å². The third-order valence-electron chi connectivity index (χ3n) is 9.92. The fourth-order valence-corrected chi connectivity index (χ4v) is 6.69. The Labute approximate surface area is 651 Å². The van der Waals surface area contributed by atoms with Crippen LogP contribution in [-0.4, -0.2) is 90.1 Å². The number of aromatic nitrogens is 3.